The maximum atomic E-state index is 9.70. The highest BCUT2D eigenvalue weighted by Gasteiger charge is 1.91. The number of hydrogen-bond acceptors (Lipinski definition) is 4. The predicted octanol–water partition coefficient (Wildman–Crippen LogP) is -0.305. The summed E-state index contributed by atoms with van der Waals surface area (Å²) in [7, 11) is -1.41. The van der Waals surface area contributed by atoms with Gasteiger partial charge in [-0.25, -0.2) is 0 Å². The Kier molecular flexibility index (Phi) is 15.3. The Labute approximate surface area is 61.3 Å². The van der Waals surface area contributed by atoms with Crippen molar-refractivity contribution >= 4 is 8.60 Å². The number of ether oxygens (including phenoxy) is 1. The third-order valence-corrected chi connectivity index (χ3v) is 1.04. The molecule has 0 saturated heterocycles. The summed E-state index contributed by atoms with van der Waals surface area (Å²) >= 11 is 0. The molecule has 0 aliphatic rings. The van der Waals surface area contributed by atoms with Crippen LogP contribution in [0.5, 0.6) is 0 Å². The third kappa shape index (κ3) is 11.0. The van der Waals surface area contributed by atoms with Crippen molar-refractivity contribution < 1.29 is 19.0 Å². The van der Waals surface area contributed by atoms with Crippen LogP contribution in [0.3, 0.4) is 0 Å². The van der Waals surface area contributed by atoms with E-state index >= 15 is 0 Å². The Balaban J connectivity index is -0.000000245. The lowest BCUT2D eigenvalue weighted by Gasteiger charge is -2.31. The van der Waals surface area contributed by atoms with E-state index in [1.165, 1.54) is 14.0 Å². The van der Waals surface area contributed by atoms with Gasteiger partial charge >= 0.3 is 0 Å². The highest BCUT2D eigenvalue weighted by Crippen LogP contribution is 2.15. The maximum absolute atomic E-state index is 9.70. The summed E-state index contributed by atoms with van der Waals surface area (Å²) in [4.78, 5) is 19.4. The minimum absolute atomic E-state index is 0. The molecule has 0 rings (SSSR count). The molecule has 7 heteroatoms. The number of methoxy groups -OCH3 is 1. The SMILES string of the molecule is COC(C)OP([O-])[O-].[NH4+].[NH4+]. The number of hydrogen-bond donors (Lipinski definition) is 2. The first-order valence-electron chi connectivity index (χ1n) is 2.00. The van der Waals surface area contributed by atoms with Crippen LogP contribution in [0.25, 0.3) is 0 Å². The van der Waals surface area contributed by atoms with Gasteiger partial charge in [0.1, 0.15) is 0 Å². The van der Waals surface area contributed by atoms with Gasteiger partial charge in [-0.3, -0.25) is 0 Å². The molecule has 0 heterocycles. The van der Waals surface area contributed by atoms with Crippen LogP contribution in [0.1, 0.15) is 6.92 Å². The minimum atomic E-state index is -2.77. The predicted molar refractivity (Wildman–Crippen MR) is 36.4 cm³/mol. The molecule has 6 nitrogen and oxygen atoms in total. The standard InChI is InChI=1S/C3H7O4P.2H3N/c1-3(6-2)7-8(4)5;;/h3H,1-2H3;2*1H3/q-2;;/p+2. The molecule has 1 unspecified atom stereocenters. The lowest BCUT2D eigenvalue weighted by atomic mass is 10.8. The summed E-state index contributed by atoms with van der Waals surface area (Å²) in [5, 5.41) is 0. The van der Waals surface area contributed by atoms with E-state index in [1.807, 2.05) is 0 Å². The Hall–Kier alpha value is 0.190. The molecular formula is C3H15N2O4P. The molecule has 0 aliphatic heterocycles. The zero-order chi connectivity index (χ0) is 6.57. The van der Waals surface area contributed by atoms with Gasteiger partial charge in [0.2, 0.25) is 0 Å². The molecule has 0 aromatic rings. The topological polar surface area (TPSA) is 138 Å². The average molecular weight is 174 g/mol. The Morgan fingerprint density at radius 1 is 1.30 bits per heavy atom. The molecule has 0 aromatic carbocycles. The summed E-state index contributed by atoms with van der Waals surface area (Å²) in [6.07, 6.45) is -0.670. The van der Waals surface area contributed by atoms with Crippen molar-refractivity contribution in [1.29, 1.82) is 0 Å². The highest BCUT2D eigenvalue weighted by atomic mass is 31.2. The van der Waals surface area contributed by atoms with Crippen molar-refractivity contribution in [2.24, 2.45) is 0 Å². The van der Waals surface area contributed by atoms with E-state index < -0.39 is 14.9 Å². The summed E-state index contributed by atoms with van der Waals surface area (Å²) in [5.74, 6) is 0. The molecule has 0 amide bonds. The maximum Gasteiger partial charge on any atom is 0.154 e. The monoisotopic (exact) mass is 174 g/mol. The van der Waals surface area contributed by atoms with Gasteiger partial charge in [0.15, 0.2) is 6.29 Å². The van der Waals surface area contributed by atoms with Crippen LogP contribution in [0.2, 0.25) is 0 Å². The van der Waals surface area contributed by atoms with Crippen LogP contribution in [-0.4, -0.2) is 13.4 Å². The largest absolute Gasteiger partial charge is 0.820 e. The summed E-state index contributed by atoms with van der Waals surface area (Å²) in [6, 6.07) is 0. The van der Waals surface area contributed by atoms with E-state index in [9.17, 15) is 9.79 Å². The Bertz CT molecular complexity index is 64.5. The molecule has 10 heavy (non-hydrogen) atoms. The highest BCUT2D eigenvalue weighted by molar-refractivity contribution is 7.36. The van der Waals surface area contributed by atoms with Gasteiger partial charge in [-0.2, -0.15) is 8.60 Å². The lowest BCUT2D eigenvalue weighted by Crippen LogP contribution is -2.17. The quantitative estimate of drug-likeness (QED) is 0.447. The molecule has 0 aliphatic carbocycles. The summed E-state index contributed by atoms with van der Waals surface area (Å²) in [5.41, 5.74) is 0. The van der Waals surface area contributed by atoms with Crippen molar-refractivity contribution in [3.05, 3.63) is 0 Å². The summed E-state index contributed by atoms with van der Waals surface area (Å²) < 4.78 is 8.59. The smallest absolute Gasteiger partial charge is 0.154 e. The van der Waals surface area contributed by atoms with Crippen LogP contribution in [0, 0.1) is 0 Å². The first-order valence-corrected chi connectivity index (χ1v) is 3.10. The van der Waals surface area contributed by atoms with Crippen LogP contribution >= 0.6 is 8.60 Å². The molecule has 0 fully saturated rings. The van der Waals surface area contributed by atoms with E-state index in [2.05, 4.69) is 9.26 Å². The molecule has 0 bridgehead atoms. The van der Waals surface area contributed by atoms with Gasteiger partial charge in [0.05, 0.1) is 0 Å². The van der Waals surface area contributed by atoms with Crippen LogP contribution < -0.4 is 22.1 Å². The first-order chi connectivity index (χ1) is 3.66. The molecule has 8 N–H and O–H groups in total. The molecular weight excluding hydrogens is 159 g/mol. The van der Waals surface area contributed by atoms with Crippen LogP contribution in [-0.2, 0) is 9.26 Å². The van der Waals surface area contributed by atoms with Crippen molar-refractivity contribution in [3.8, 4) is 0 Å². The van der Waals surface area contributed by atoms with Crippen LogP contribution in [0.4, 0.5) is 0 Å². The van der Waals surface area contributed by atoms with Crippen molar-refractivity contribution in [3.63, 3.8) is 0 Å². The van der Waals surface area contributed by atoms with Crippen molar-refractivity contribution in [2.75, 3.05) is 7.11 Å². The molecule has 0 saturated carbocycles. The molecule has 0 aromatic heterocycles. The second-order valence-electron chi connectivity index (χ2n) is 1.13. The van der Waals surface area contributed by atoms with E-state index in [0.29, 0.717) is 0 Å². The fraction of sp³-hybridized carbons (Fsp3) is 1.00. The van der Waals surface area contributed by atoms with Gasteiger partial charge in [0.25, 0.3) is 0 Å². The van der Waals surface area contributed by atoms with Crippen molar-refractivity contribution in [1.82, 2.24) is 12.3 Å². The zero-order valence-corrected chi connectivity index (χ0v) is 7.55. The minimum Gasteiger partial charge on any atom is -0.820 e. The van der Waals surface area contributed by atoms with E-state index in [4.69, 9.17) is 0 Å². The van der Waals surface area contributed by atoms with E-state index in [1.54, 1.807) is 0 Å². The van der Waals surface area contributed by atoms with E-state index in [0.717, 1.165) is 0 Å². The second kappa shape index (κ2) is 9.19. The van der Waals surface area contributed by atoms with Gasteiger partial charge in [-0.1, -0.05) is 0 Å². The lowest BCUT2D eigenvalue weighted by molar-refractivity contribution is -0.327. The van der Waals surface area contributed by atoms with Crippen molar-refractivity contribution in [2.45, 2.75) is 13.2 Å². The van der Waals surface area contributed by atoms with Gasteiger partial charge in [-0.05, 0) is 6.92 Å². The van der Waals surface area contributed by atoms with Gasteiger partial charge in [0, 0.05) is 7.11 Å². The molecule has 0 spiro atoms. The number of rotatable bonds is 3. The zero-order valence-electron chi connectivity index (χ0n) is 6.66. The molecule has 1 atom stereocenters. The summed E-state index contributed by atoms with van der Waals surface area (Å²) in [6.45, 7) is 1.49. The normalized spacial score (nSPS) is 11.7. The average Bonchev–Trinajstić information content (AvgIpc) is 1.65. The number of quaternary nitrogens is 2. The van der Waals surface area contributed by atoms with Crippen LogP contribution in [0.15, 0.2) is 0 Å². The second-order valence-corrected chi connectivity index (χ2v) is 1.79. The molecule has 66 valence electrons. The third-order valence-electron chi connectivity index (χ3n) is 0.566. The Morgan fingerprint density at radius 2 is 1.70 bits per heavy atom. The first kappa shape index (κ1) is 16.6. The fourth-order valence-electron chi connectivity index (χ4n) is 0.164. The van der Waals surface area contributed by atoms with E-state index in [-0.39, 0.29) is 12.3 Å². The molecule has 0 radical (unpaired) electrons. The Morgan fingerprint density at radius 3 is 1.80 bits per heavy atom. The van der Waals surface area contributed by atoms with Gasteiger partial charge in [-0.15, -0.1) is 0 Å². The fourth-order valence-corrected chi connectivity index (χ4v) is 0.493. The van der Waals surface area contributed by atoms with Gasteiger partial charge < -0.3 is 31.3 Å².